The highest BCUT2D eigenvalue weighted by Crippen LogP contribution is 2.33. The van der Waals surface area contributed by atoms with E-state index in [9.17, 15) is 4.39 Å². The first-order chi connectivity index (χ1) is 10.1. The second kappa shape index (κ2) is 5.22. The molecule has 0 atom stereocenters. The van der Waals surface area contributed by atoms with E-state index in [0.29, 0.717) is 27.3 Å². The molecule has 3 nitrogen and oxygen atoms in total. The fourth-order valence-corrected chi connectivity index (χ4v) is 2.41. The van der Waals surface area contributed by atoms with E-state index in [4.69, 9.17) is 17.3 Å². The number of benzene rings is 2. The molecule has 1 heterocycles. The molecule has 5 heteroatoms. The van der Waals surface area contributed by atoms with Crippen molar-refractivity contribution < 1.29 is 4.39 Å². The minimum Gasteiger partial charge on any atom is -0.398 e. The van der Waals surface area contributed by atoms with Crippen molar-refractivity contribution in [2.24, 2.45) is 0 Å². The lowest BCUT2D eigenvalue weighted by atomic mass is 10.1. The molecule has 0 saturated heterocycles. The third kappa shape index (κ3) is 2.38. The number of pyridine rings is 1. The van der Waals surface area contributed by atoms with Crippen LogP contribution < -0.4 is 11.1 Å². The van der Waals surface area contributed by atoms with E-state index >= 15 is 0 Å². The van der Waals surface area contributed by atoms with Crippen molar-refractivity contribution >= 4 is 39.6 Å². The lowest BCUT2D eigenvalue weighted by Crippen LogP contribution is -2.00. The van der Waals surface area contributed by atoms with Crippen LogP contribution in [0.4, 0.5) is 21.5 Å². The van der Waals surface area contributed by atoms with Gasteiger partial charge in [0, 0.05) is 28.0 Å². The van der Waals surface area contributed by atoms with Gasteiger partial charge < -0.3 is 11.1 Å². The third-order valence-corrected chi connectivity index (χ3v) is 3.81. The molecule has 0 saturated carbocycles. The molecule has 0 spiro atoms. The zero-order valence-electron chi connectivity index (χ0n) is 11.3. The second-order valence-corrected chi connectivity index (χ2v) is 5.17. The molecule has 3 rings (SSSR count). The number of hydrogen-bond donors (Lipinski definition) is 2. The van der Waals surface area contributed by atoms with Crippen LogP contribution in [0, 0.1) is 12.7 Å². The molecule has 0 aliphatic carbocycles. The van der Waals surface area contributed by atoms with Crippen LogP contribution in [0.25, 0.3) is 10.9 Å². The number of aromatic nitrogens is 1. The van der Waals surface area contributed by atoms with Gasteiger partial charge in [0.15, 0.2) is 5.82 Å². The molecule has 1 aromatic heterocycles. The van der Waals surface area contributed by atoms with E-state index in [1.165, 1.54) is 6.07 Å². The molecule has 3 N–H and O–H groups in total. The first-order valence-corrected chi connectivity index (χ1v) is 6.80. The predicted molar refractivity (Wildman–Crippen MR) is 85.6 cm³/mol. The molecule has 0 aliphatic heterocycles. The van der Waals surface area contributed by atoms with Crippen molar-refractivity contribution in [3.63, 3.8) is 0 Å². The fraction of sp³-hybridized carbons (Fsp3) is 0.0625. The Morgan fingerprint density at radius 1 is 1.24 bits per heavy atom. The first-order valence-electron chi connectivity index (χ1n) is 6.43. The van der Waals surface area contributed by atoms with Crippen LogP contribution in [0.15, 0.2) is 42.6 Å². The summed E-state index contributed by atoms with van der Waals surface area (Å²) in [6.45, 7) is 1.87. The van der Waals surface area contributed by atoms with Crippen molar-refractivity contribution in [1.29, 1.82) is 0 Å². The fourth-order valence-electron chi connectivity index (χ4n) is 2.23. The summed E-state index contributed by atoms with van der Waals surface area (Å²) in [7, 11) is 0. The molecule has 3 aromatic rings. The smallest absolute Gasteiger partial charge is 0.150 e. The number of nitrogen functional groups attached to an aromatic ring is 1. The summed E-state index contributed by atoms with van der Waals surface area (Å²) in [5.41, 5.74) is 8.58. The van der Waals surface area contributed by atoms with Gasteiger partial charge in [0.1, 0.15) is 5.69 Å². The van der Waals surface area contributed by atoms with Crippen molar-refractivity contribution in [3.8, 4) is 0 Å². The highest BCUT2D eigenvalue weighted by atomic mass is 35.5. The molecule has 106 valence electrons. The van der Waals surface area contributed by atoms with Crippen LogP contribution in [-0.2, 0) is 0 Å². The van der Waals surface area contributed by atoms with Gasteiger partial charge in [-0.2, -0.15) is 0 Å². The topological polar surface area (TPSA) is 50.9 Å². The van der Waals surface area contributed by atoms with Gasteiger partial charge in [0.2, 0.25) is 0 Å². The molecule has 2 aromatic carbocycles. The zero-order valence-corrected chi connectivity index (χ0v) is 12.1. The Hall–Kier alpha value is -2.33. The average Bonchev–Trinajstić information content (AvgIpc) is 2.47. The third-order valence-electron chi connectivity index (χ3n) is 3.40. The zero-order chi connectivity index (χ0) is 15.0. The highest BCUT2D eigenvalue weighted by Gasteiger charge is 2.13. The van der Waals surface area contributed by atoms with Crippen LogP contribution >= 0.6 is 11.6 Å². The van der Waals surface area contributed by atoms with E-state index in [1.807, 2.05) is 25.1 Å². The van der Waals surface area contributed by atoms with Gasteiger partial charge in [0.05, 0.1) is 5.52 Å². The number of anilines is 3. The van der Waals surface area contributed by atoms with Gasteiger partial charge in [-0.3, -0.25) is 4.98 Å². The van der Waals surface area contributed by atoms with Crippen LogP contribution in [-0.4, -0.2) is 4.98 Å². The van der Waals surface area contributed by atoms with Crippen LogP contribution in [0.5, 0.6) is 0 Å². The molecule has 0 amide bonds. The molecule has 0 aliphatic rings. The Morgan fingerprint density at radius 3 is 2.86 bits per heavy atom. The van der Waals surface area contributed by atoms with E-state index in [2.05, 4.69) is 10.3 Å². The Labute approximate surface area is 126 Å². The van der Waals surface area contributed by atoms with Crippen LogP contribution in [0.3, 0.4) is 0 Å². The number of fused-ring (bicyclic) bond motifs is 1. The SMILES string of the molecule is Cc1c(Cl)cccc1Nc1c(F)cc(N)c2cccnc12. The average molecular weight is 302 g/mol. The normalized spacial score (nSPS) is 10.8. The lowest BCUT2D eigenvalue weighted by Gasteiger charge is -2.14. The minimum atomic E-state index is -0.446. The largest absolute Gasteiger partial charge is 0.398 e. The summed E-state index contributed by atoms with van der Waals surface area (Å²) in [6.07, 6.45) is 1.61. The van der Waals surface area contributed by atoms with E-state index in [1.54, 1.807) is 18.3 Å². The maximum absolute atomic E-state index is 14.3. The van der Waals surface area contributed by atoms with Crippen LogP contribution in [0.2, 0.25) is 5.02 Å². The Morgan fingerprint density at radius 2 is 2.05 bits per heavy atom. The summed E-state index contributed by atoms with van der Waals surface area (Å²) in [4.78, 5) is 4.24. The summed E-state index contributed by atoms with van der Waals surface area (Å²) in [5, 5.41) is 4.40. The van der Waals surface area contributed by atoms with Crippen LogP contribution in [0.1, 0.15) is 5.56 Å². The lowest BCUT2D eigenvalue weighted by molar-refractivity contribution is 0.634. The number of nitrogens with zero attached hydrogens (tertiary/aromatic N) is 1. The van der Waals surface area contributed by atoms with Gasteiger partial charge in [-0.1, -0.05) is 17.7 Å². The van der Waals surface area contributed by atoms with E-state index in [-0.39, 0.29) is 0 Å². The van der Waals surface area contributed by atoms with E-state index in [0.717, 1.165) is 11.3 Å². The summed E-state index contributed by atoms with van der Waals surface area (Å²) in [6, 6.07) is 10.3. The summed E-state index contributed by atoms with van der Waals surface area (Å²) < 4.78 is 14.3. The predicted octanol–water partition coefficient (Wildman–Crippen LogP) is 4.66. The molecule has 0 unspecified atom stereocenters. The standard InChI is InChI=1S/C16H13ClFN3/c1-9-11(17)5-2-6-14(9)21-16-12(18)8-13(19)10-4-3-7-20-15(10)16/h2-8,21H,19H2,1H3. The Kier molecular flexibility index (Phi) is 3.39. The van der Waals surface area contributed by atoms with Gasteiger partial charge in [-0.15, -0.1) is 0 Å². The van der Waals surface area contributed by atoms with Gasteiger partial charge in [-0.25, -0.2) is 4.39 Å². The van der Waals surface area contributed by atoms with Gasteiger partial charge in [0.25, 0.3) is 0 Å². The van der Waals surface area contributed by atoms with Crippen molar-refractivity contribution in [3.05, 3.63) is 59.0 Å². The molecule has 0 bridgehead atoms. The molecule has 0 radical (unpaired) electrons. The monoisotopic (exact) mass is 301 g/mol. The van der Waals surface area contributed by atoms with Crippen molar-refractivity contribution in [2.45, 2.75) is 6.92 Å². The quantitative estimate of drug-likeness (QED) is 0.677. The number of rotatable bonds is 2. The molecular weight excluding hydrogens is 289 g/mol. The molecule has 0 fully saturated rings. The number of nitrogens with two attached hydrogens (primary N) is 1. The first kappa shape index (κ1) is 13.6. The number of hydrogen-bond acceptors (Lipinski definition) is 3. The maximum atomic E-state index is 14.3. The number of nitrogens with one attached hydrogen (secondary N) is 1. The van der Waals surface area contributed by atoms with E-state index < -0.39 is 5.82 Å². The molecule has 21 heavy (non-hydrogen) atoms. The maximum Gasteiger partial charge on any atom is 0.150 e. The molecular formula is C16H13ClFN3. The number of halogens is 2. The van der Waals surface area contributed by atoms with Gasteiger partial charge in [-0.05, 0) is 42.8 Å². The summed E-state index contributed by atoms with van der Waals surface area (Å²) in [5.74, 6) is -0.446. The van der Waals surface area contributed by atoms with Crippen molar-refractivity contribution in [2.75, 3.05) is 11.1 Å². The highest BCUT2D eigenvalue weighted by molar-refractivity contribution is 6.31. The second-order valence-electron chi connectivity index (χ2n) is 4.76. The van der Waals surface area contributed by atoms with Gasteiger partial charge >= 0.3 is 0 Å². The minimum absolute atomic E-state index is 0.296. The van der Waals surface area contributed by atoms with Crippen molar-refractivity contribution in [1.82, 2.24) is 4.98 Å². The Balaban J connectivity index is 2.19. The summed E-state index contributed by atoms with van der Waals surface area (Å²) >= 11 is 6.09. The Bertz CT molecular complexity index is 833.